The van der Waals surface area contributed by atoms with Crippen LogP contribution in [0.1, 0.15) is 24.5 Å². The summed E-state index contributed by atoms with van der Waals surface area (Å²) < 4.78 is 5.36. The van der Waals surface area contributed by atoms with Crippen LogP contribution in [0.15, 0.2) is 53.6 Å². The van der Waals surface area contributed by atoms with Crippen molar-refractivity contribution in [2.24, 2.45) is 5.10 Å². The molecule has 2 N–H and O–H groups in total. The van der Waals surface area contributed by atoms with Gasteiger partial charge in [-0.2, -0.15) is 10.7 Å². The molecule has 2 aromatic rings. The molecule has 0 fully saturated rings. The molecule has 22 heavy (non-hydrogen) atoms. The molecule has 0 unspecified atom stereocenters. The van der Waals surface area contributed by atoms with Crippen molar-refractivity contribution < 1.29 is 9.94 Å². The molecule has 116 valence electrons. The third-order valence-electron chi connectivity index (χ3n) is 3.45. The number of rotatable bonds is 8. The Morgan fingerprint density at radius 2 is 1.91 bits per heavy atom. The maximum Gasteiger partial charge on any atom is 0.0571 e. The summed E-state index contributed by atoms with van der Waals surface area (Å²) in [5, 5.41) is 12.3. The van der Waals surface area contributed by atoms with Gasteiger partial charge >= 0.3 is 0 Å². The third-order valence-corrected chi connectivity index (χ3v) is 3.45. The van der Waals surface area contributed by atoms with Gasteiger partial charge in [0.05, 0.1) is 6.21 Å². The van der Waals surface area contributed by atoms with Crippen LogP contribution in [0.4, 0.5) is 0 Å². The fourth-order valence-electron chi connectivity index (χ4n) is 2.34. The van der Waals surface area contributed by atoms with Crippen molar-refractivity contribution in [3.8, 4) is 11.1 Å². The molecule has 0 aliphatic carbocycles. The van der Waals surface area contributed by atoms with E-state index in [1.807, 2.05) is 31.2 Å². The summed E-state index contributed by atoms with van der Waals surface area (Å²) in [6.45, 7) is 3.60. The minimum Gasteiger partial charge on any atom is -0.382 e. The van der Waals surface area contributed by atoms with Gasteiger partial charge in [0.25, 0.3) is 0 Å². The van der Waals surface area contributed by atoms with E-state index in [-0.39, 0.29) is 0 Å². The molecule has 0 atom stereocenters. The largest absolute Gasteiger partial charge is 0.382 e. The number of nitrogens with zero attached hydrogens (tertiary/aromatic N) is 1. The maximum absolute atomic E-state index is 8.59. The zero-order valence-corrected chi connectivity index (χ0v) is 12.8. The third kappa shape index (κ3) is 4.69. The quantitative estimate of drug-likeness (QED) is 0.444. The van der Waals surface area contributed by atoms with Gasteiger partial charge in [-0.05, 0) is 36.5 Å². The first-order chi connectivity index (χ1) is 10.8. The van der Waals surface area contributed by atoms with Crippen LogP contribution in [0, 0.1) is 0 Å². The smallest absolute Gasteiger partial charge is 0.0571 e. The molecule has 2 aromatic carbocycles. The SMILES string of the molecule is CCOCCCc1ccc(-c2ccccc2C=NNO)cc1. The van der Waals surface area contributed by atoms with Crippen molar-refractivity contribution in [2.75, 3.05) is 13.2 Å². The van der Waals surface area contributed by atoms with Crippen molar-refractivity contribution in [1.29, 1.82) is 0 Å². The molecule has 0 saturated carbocycles. The van der Waals surface area contributed by atoms with Crippen LogP contribution in [0.2, 0.25) is 0 Å². The van der Waals surface area contributed by atoms with Crippen LogP contribution < -0.4 is 5.59 Å². The van der Waals surface area contributed by atoms with Gasteiger partial charge in [0, 0.05) is 18.8 Å². The molecule has 0 aromatic heterocycles. The number of hydrogen-bond donors (Lipinski definition) is 2. The first-order valence-corrected chi connectivity index (χ1v) is 7.53. The molecule has 4 nitrogen and oxygen atoms in total. The van der Waals surface area contributed by atoms with Crippen molar-refractivity contribution in [2.45, 2.75) is 19.8 Å². The van der Waals surface area contributed by atoms with E-state index in [2.05, 4.69) is 29.4 Å². The van der Waals surface area contributed by atoms with E-state index < -0.39 is 0 Å². The Morgan fingerprint density at radius 1 is 1.14 bits per heavy atom. The highest BCUT2D eigenvalue weighted by atomic mass is 16.5. The molecular weight excluding hydrogens is 276 g/mol. The molecule has 4 heteroatoms. The second-order valence-electron chi connectivity index (χ2n) is 4.94. The van der Waals surface area contributed by atoms with Crippen molar-refractivity contribution in [1.82, 2.24) is 5.59 Å². The Labute approximate surface area is 131 Å². The Kier molecular flexibility index (Phi) is 6.61. The van der Waals surface area contributed by atoms with E-state index in [9.17, 15) is 0 Å². The lowest BCUT2D eigenvalue weighted by atomic mass is 9.98. The average Bonchev–Trinajstić information content (AvgIpc) is 2.58. The van der Waals surface area contributed by atoms with Gasteiger partial charge in [0.2, 0.25) is 0 Å². The number of hydrogen-bond acceptors (Lipinski definition) is 4. The first-order valence-electron chi connectivity index (χ1n) is 7.53. The Morgan fingerprint density at radius 3 is 2.64 bits per heavy atom. The number of benzene rings is 2. The van der Waals surface area contributed by atoms with E-state index in [0.29, 0.717) is 0 Å². The molecule has 0 amide bonds. The summed E-state index contributed by atoms with van der Waals surface area (Å²) in [6, 6.07) is 16.5. The molecule has 0 saturated heterocycles. The van der Waals surface area contributed by atoms with Crippen molar-refractivity contribution in [3.63, 3.8) is 0 Å². The van der Waals surface area contributed by atoms with Crippen LogP contribution in [-0.4, -0.2) is 24.6 Å². The molecule has 0 spiro atoms. The average molecular weight is 298 g/mol. The van der Waals surface area contributed by atoms with E-state index >= 15 is 0 Å². The first kappa shape index (κ1) is 16.2. The van der Waals surface area contributed by atoms with Gasteiger partial charge in [0.1, 0.15) is 0 Å². The molecule has 2 rings (SSSR count). The van der Waals surface area contributed by atoms with Crippen molar-refractivity contribution in [3.05, 3.63) is 59.7 Å². The normalized spacial score (nSPS) is 11.0. The molecular formula is C18H22N2O2. The highest BCUT2D eigenvalue weighted by Gasteiger charge is 2.03. The number of ether oxygens (including phenoxy) is 1. The van der Waals surface area contributed by atoms with Crippen LogP contribution in [0.3, 0.4) is 0 Å². The zero-order chi connectivity index (χ0) is 15.6. The predicted octanol–water partition coefficient (Wildman–Crippen LogP) is 3.64. The van der Waals surface area contributed by atoms with Gasteiger partial charge in [-0.1, -0.05) is 48.5 Å². The Bertz CT molecular complexity index is 594. The van der Waals surface area contributed by atoms with E-state index in [1.54, 1.807) is 11.8 Å². The van der Waals surface area contributed by atoms with Crippen molar-refractivity contribution >= 4 is 6.21 Å². The molecule has 0 heterocycles. The van der Waals surface area contributed by atoms with Gasteiger partial charge in [-0.15, -0.1) is 0 Å². The summed E-state index contributed by atoms with van der Waals surface area (Å²) in [7, 11) is 0. The Hall–Kier alpha value is -2.17. The van der Waals surface area contributed by atoms with Crippen LogP contribution in [0.5, 0.6) is 0 Å². The summed E-state index contributed by atoms with van der Waals surface area (Å²) >= 11 is 0. The lowest BCUT2D eigenvalue weighted by Gasteiger charge is -2.07. The fraction of sp³-hybridized carbons (Fsp3) is 0.278. The highest BCUT2D eigenvalue weighted by Crippen LogP contribution is 2.23. The van der Waals surface area contributed by atoms with E-state index in [1.165, 1.54) is 5.56 Å². The molecule has 0 bridgehead atoms. The van der Waals surface area contributed by atoms with Crippen LogP contribution >= 0.6 is 0 Å². The molecule has 0 radical (unpaired) electrons. The minimum atomic E-state index is 0.778. The van der Waals surface area contributed by atoms with Crippen LogP contribution in [-0.2, 0) is 11.2 Å². The van der Waals surface area contributed by atoms with Gasteiger partial charge in [0.15, 0.2) is 0 Å². The molecule has 0 aliphatic rings. The highest BCUT2D eigenvalue weighted by molar-refractivity contribution is 5.90. The summed E-state index contributed by atoms with van der Waals surface area (Å²) in [6.07, 6.45) is 3.67. The lowest BCUT2D eigenvalue weighted by Crippen LogP contribution is -1.97. The second kappa shape index (κ2) is 8.97. The summed E-state index contributed by atoms with van der Waals surface area (Å²) in [5.41, 5.74) is 6.28. The van der Waals surface area contributed by atoms with Crippen LogP contribution in [0.25, 0.3) is 11.1 Å². The molecule has 0 aliphatic heterocycles. The number of aryl methyl sites for hydroxylation is 1. The standard InChI is InChI=1S/C18H22N2O2/c1-2-22-13-5-6-15-9-11-16(12-10-15)18-8-4-3-7-17(18)14-19-20-21/h3-4,7-12,14,20-21H,2,5-6,13H2,1H3. The van der Waals surface area contributed by atoms with Gasteiger partial charge in [-0.3, -0.25) is 5.21 Å². The zero-order valence-electron chi connectivity index (χ0n) is 12.8. The minimum absolute atomic E-state index is 0.778. The monoisotopic (exact) mass is 298 g/mol. The number of hydrazone groups is 1. The second-order valence-corrected chi connectivity index (χ2v) is 4.94. The summed E-state index contributed by atoms with van der Waals surface area (Å²) in [5.74, 6) is 0. The Balaban J connectivity index is 2.09. The maximum atomic E-state index is 8.59. The summed E-state index contributed by atoms with van der Waals surface area (Å²) in [4.78, 5) is 0. The lowest BCUT2D eigenvalue weighted by molar-refractivity contribution is 0.145. The predicted molar refractivity (Wildman–Crippen MR) is 89.2 cm³/mol. The van der Waals surface area contributed by atoms with E-state index in [4.69, 9.17) is 9.94 Å². The topological polar surface area (TPSA) is 53.8 Å². The van der Waals surface area contributed by atoms with E-state index in [0.717, 1.165) is 42.7 Å². The fourth-order valence-corrected chi connectivity index (χ4v) is 2.34. The van der Waals surface area contributed by atoms with Gasteiger partial charge < -0.3 is 4.74 Å². The van der Waals surface area contributed by atoms with Gasteiger partial charge in [-0.25, -0.2) is 0 Å². The number of nitrogens with one attached hydrogen (secondary N) is 1.